The molecule has 7 heteroatoms. The van der Waals surface area contributed by atoms with E-state index in [4.69, 9.17) is 4.74 Å². The third-order valence-corrected chi connectivity index (χ3v) is 3.52. The van der Waals surface area contributed by atoms with Gasteiger partial charge in [0.15, 0.2) is 0 Å². The normalized spacial score (nSPS) is 10.7. The summed E-state index contributed by atoms with van der Waals surface area (Å²) in [5, 5.41) is 15.6. The number of methoxy groups -OCH3 is 1. The van der Waals surface area contributed by atoms with E-state index in [2.05, 4.69) is 10.4 Å². The minimum absolute atomic E-state index is 0.00800. The van der Waals surface area contributed by atoms with Crippen LogP contribution in [0.2, 0.25) is 0 Å². The molecule has 1 aromatic heterocycles. The number of hydrogen-bond donors (Lipinski definition) is 3. The summed E-state index contributed by atoms with van der Waals surface area (Å²) in [4.78, 5) is 24.3. The second-order valence-corrected chi connectivity index (χ2v) is 4.95. The van der Waals surface area contributed by atoms with Crippen LogP contribution in [-0.4, -0.2) is 28.0 Å². The number of H-pyrrole nitrogens is 1. The summed E-state index contributed by atoms with van der Waals surface area (Å²) < 4.78 is 5.90. The molecule has 0 aliphatic heterocycles. The summed E-state index contributed by atoms with van der Waals surface area (Å²) in [6.07, 6.45) is 0. The number of hydrogen-bond acceptors (Lipinski definition) is 4. The van der Waals surface area contributed by atoms with Crippen LogP contribution in [0.5, 0.6) is 11.5 Å². The van der Waals surface area contributed by atoms with Crippen LogP contribution in [0.3, 0.4) is 0 Å². The van der Waals surface area contributed by atoms with Gasteiger partial charge in [-0.25, -0.2) is 4.79 Å². The first-order valence-electron chi connectivity index (χ1n) is 6.94. The van der Waals surface area contributed by atoms with Gasteiger partial charge in [0, 0.05) is 18.2 Å². The average Bonchev–Trinajstić information content (AvgIpc) is 2.91. The third-order valence-electron chi connectivity index (χ3n) is 3.52. The Bertz CT molecular complexity index is 926. The van der Waals surface area contributed by atoms with Crippen LogP contribution in [-0.2, 0) is 6.54 Å². The van der Waals surface area contributed by atoms with Gasteiger partial charge in [-0.05, 0) is 24.3 Å². The lowest BCUT2D eigenvalue weighted by molar-refractivity contribution is 0.238. The number of carbonyl (C=O) groups excluding carboxylic acids is 1. The number of fused-ring (bicyclic) bond motifs is 1. The number of carbonyl (C=O) groups is 1. The molecule has 118 valence electrons. The van der Waals surface area contributed by atoms with Gasteiger partial charge in [0.25, 0.3) is 5.56 Å². The summed E-state index contributed by atoms with van der Waals surface area (Å²) in [7, 11) is 1.50. The van der Waals surface area contributed by atoms with Crippen molar-refractivity contribution >= 4 is 16.9 Å². The zero-order chi connectivity index (χ0) is 16.4. The highest BCUT2D eigenvalue weighted by Gasteiger charge is 2.13. The molecule has 3 aromatic rings. The molecular formula is C16H15N3O4. The van der Waals surface area contributed by atoms with E-state index < -0.39 is 11.6 Å². The minimum atomic E-state index is -0.596. The Hall–Kier alpha value is -3.22. The smallest absolute Gasteiger partial charge is 0.343 e. The summed E-state index contributed by atoms with van der Waals surface area (Å²) in [5.74, 6) is 0.526. The van der Waals surface area contributed by atoms with E-state index in [1.54, 1.807) is 36.4 Å². The number of amides is 1. The van der Waals surface area contributed by atoms with Gasteiger partial charge in [0.2, 0.25) is 0 Å². The molecule has 3 rings (SSSR count). The summed E-state index contributed by atoms with van der Waals surface area (Å²) in [6, 6.07) is 11.0. The van der Waals surface area contributed by atoms with Gasteiger partial charge < -0.3 is 15.2 Å². The lowest BCUT2D eigenvalue weighted by Crippen LogP contribution is -2.35. The van der Waals surface area contributed by atoms with Gasteiger partial charge in [0.1, 0.15) is 11.5 Å². The van der Waals surface area contributed by atoms with E-state index >= 15 is 0 Å². The molecule has 0 saturated carbocycles. The van der Waals surface area contributed by atoms with Crippen molar-refractivity contribution in [2.75, 3.05) is 7.11 Å². The number of aromatic hydroxyl groups is 1. The molecular weight excluding hydrogens is 298 g/mol. The highest BCUT2D eigenvalue weighted by atomic mass is 16.5. The SMILES string of the molecule is COc1ccc(CNC(=O)n2[nH]c3ccccc3c2=O)c(O)c1. The number of aromatic amines is 1. The first-order valence-corrected chi connectivity index (χ1v) is 6.94. The fourth-order valence-corrected chi connectivity index (χ4v) is 2.27. The van der Waals surface area contributed by atoms with Gasteiger partial charge in [-0.1, -0.05) is 12.1 Å². The molecule has 0 saturated heterocycles. The zero-order valence-electron chi connectivity index (χ0n) is 12.4. The monoisotopic (exact) mass is 313 g/mol. The molecule has 1 amide bonds. The van der Waals surface area contributed by atoms with E-state index in [1.807, 2.05) is 0 Å². The number of rotatable bonds is 3. The summed E-state index contributed by atoms with van der Waals surface area (Å²) in [5.41, 5.74) is 0.681. The number of benzene rings is 2. The number of para-hydroxylation sites is 1. The molecule has 0 unspecified atom stereocenters. The van der Waals surface area contributed by atoms with Crippen LogP contribution in [0.25, 0.3) is 10.9 Å². The van der Waals surface area contributed by atoms with Crippen LogP contribution in [0.4, 0.5) is 4.79 Å². The highest BCUT2D eigenvalue weighted by Crippen LogP contribution is 2.23. The molecule has 0 radical (unpaired) electrons. The zero-order valence-corrected chi connectivity index (χ0v) is 12.4. The van der Waals surface area contributed by atoms with E-state index in [-0.39, 0.29) is 12.3 Å². The van der Waals surface area contributed by atoms with E-state index in [0.717, 1.165) is 4.68 Å². The van der Waals surface area contributed by atoms with Gasteiger partial charge in [-0.2, -0.15) is 4.68 Å². The number of phenols is 1. The number of nitrogens with one attached hydrogen (secondary N) is 2. The van der Waals surface area contributed by atoms with E-state index in [0.29, 0.717) is 22.2 Å². The van der Waals surface area contributed by atoms with Crippen LogP contribution >= 0.6 is 0 Å². The van der Waals surface area contributed by atoms with Crippen molar-refractivity contribution in [1.82, 2.24) is 15.1 Å². The standard InChI is InChI=1S/C16H15N3O4/c1-23-11-7-6-10(14(20)8-11)9-17-16(22)19-15(21)12-4-2-3-5-13(12)18-19/h2-8,18,20H,9H2,1H3,(H,17,22). The second-order valence-electron chi connectivity index (χ2n) is 4.95. The summed E-state index contributed by atoms with van der Waals surface area (Å²) in [6.45, 7) is 0.0798. The van der Waals surface area contributed by atoms with Gasteiger partial charge in [-0.15, -0.1) is 0 Å². The Morgan fingerprint density at radius 3 is 2.78 bits per heavy atom. The molecule has 7 nitrogen and oxygen atoms in total. The Balaban J connectivity index is 1.79. The molecule has 0 atom stereocenters. The van der Waals surface area contributed by atoms with Gasteiger partial charge >= 0.3 is 6.03 Å². The number of phenolic OH excluding ortho intramolecular Hbond substituents is 1. The molecule has 2 aromatic carbocycles. The lowest BCUT2D eigenvalue weighted by atomic mass is 10.2. The second kappa shape index (κ2) is 5.88. The maximum Gasteiger partial charge on any atom is 0.343 e. The Morgan fingerprint density at radius 2 is 2.09 bits per heavy atom. The van der Waals surface area contributed by atoms with Crippen LogP contribution < -0.4 is 15.6 Å². The van der Waals surface area contributed by atoms with Crippen molar-refractivity contribution in [3.63, 3.8) is 0 Å². The van der Waals surface area contributed by atoms with Crippen molar-refractivity contribution in [2.24, 2.45) is 0 Å². The minimum Gasteiger partial charge on any atom is -0.507 e. The molecule has 0 spiro atoms. The van der Waals surface area contributed by atoms with Crippen molar-refractivity contribution in [3.8, 4) is 11.5 Å². The Morgan fingerprint density at radius 1 is 1.30 bits per heavy atom. The topological polar surface area (TPSA) is 96.4 Å². The molecule has 0 bridgehead atoms. The fourth-order valence-electron chi connectivity index (χ4n) is 2.27. The third kappa shape index (κ3) is 2.76. The van der Waals surface area contributed by atoms with Crippen LogP contribution in [0.15, 0.2) is 47.3 Å². The predicted octanol–water partition coefficient (Wildman–Crippen LogP) is 1.80. The molecule has 0 aliphatic carbocycles. The van der Waals surface area contributed by atoms with Gasteiger partial charge in [0.05, 0.1) is 18.0 Å². The first kappa shape index (κ1) is 14.7. The lowest BCUT2D eigenvalue weighted by Gasteiger charge is -2.08. The number of aromatic nitrogens is 2. The van der Waals surface area contributed by atoms with Crippen molar-refractivity contribution < 1.29 is 14.6 Å². The maximum atomic E-state index is 12.2. The molecule has 1 heterocycles. The molecule has 0 aliphatic rings. The van der Waals surface area contributed by atoms with Crippen molar-refractivity contribution in [3.05, 3.63) is 58.4 Å². The van der Waals surface area contributed by atoms with Crippen molar-refractivity contribution in [2.45, 2.75) is 6.54 Å². The predicted molar refractivity (Wildman–Crippen MR) is 84.9 cm³/mol. The maximum absolute atomic E-state index is 12.2. The Kier molecular flexibility index (Phi) is 3.76. The van der Waals surface area contributed by atoms with E-state index in [1.165, 1.54) is 13.2 Å². The molecule has 23 heavy (non-hydrogen) atoms. The average molecular weight is 313 g/mol. The quantitative estimate of drug-likeness (QED) is 0.687. The van der Waals surface area contributed by atoms with Crippen LogP contribution in [0, 0.1) is 0 Å². The Labute approximate surface area is 131 Å². The van der Waals surface area contributed by atoms with E-state index in [9.17, 15) is 14.7 Å². The van der Waals surface area contributed by atoms with Gasteiger partial charge in [-0.3, -0.25) is 9.89 Å². The highest BCUT2D eigenvalue weighted by molar-refractivity contribution is 5.84. The summed E-state index contributed by atoms with van der Waals surface area (Å²) >= 11 is 0. The first-order chi connectivity index (χ1) is 11.1. The molecule has 3 N–H and O–H groups in total. The van der Waals surface area contributed by atoms with Crippen LogP contribution in [0.1, 0.15) is 5.56 Å². The fraction of sp³-hybridized carbons (Fsp3) is 0.125. The number of nitrogens with zero attached hydrogens (tertiary/aromatic N) is 1. The largest absolute Gasteiger partial charge is 0.507 e. The number of ether oxygens (including phenoxy) is 1. The van der Waals surface area contributed by atoms with Crippen molar-refractivity contribution in [1.29, 1.82) is 0 Å². The molecule has 0 fully saturated rings.